The lowest BCUT2D eigenvalue weighted by Crippen LogP contribution is -2.42. The topological polar surface area (TPSA) is 58.6 Å². The van der Waals surface area contributed by atoms with Crippen molar-refractivity contribution in [2.45, 2.75) is 45.8 Å². The number of thiophene rings is 1. The van der Waals surface area contributed by atoms with Crippen LogP contribution in [0.1, 0.15) is 57.3 Å². The van der Waals surface area contributed by atoms with E-state index in [9.17, 15) is 9.59 Å². The third-order valence-corrected chi connectivity index (χ3v) is 7.54. The van der Waals surface area contributed by atoms with Gasteiger partial charge < -0.3 is 15.0 Å². The zero-order valence-corrected chi connectivity index (χ0v) is 19.1. The van der Waals surface area contributed by atoms with Crippen molar-refractivity contribution in [3.8, 4) is 16.2 Å². The van der Waals surface area contributed by atoms with Crippen LogP contribution in [-0.2, 0) is 6.61 Å². The highest BCUT2D eigenvalue weighted by Crippen LogP contribution is 2.42. The molecule has 0 spiro atoms. The molecule has 1 unspecified atom stereocenters. The third-order valence-electron chi connectivity index (χ3n) is 6.33. The molecule has 2 aliphatic heterocycles. The molecule has 0 radical (unpaired) electrons. The molecule has 2 amide bonds. The van der Waals surface area contributed by atoms with Crippen LogP contribution in [0.4, 0.5) is 5.69 Å². The van der Waals surface area contributed by atoms with Crippen molar-refractivity contribution in [1.29, 1.82) is 0 Å². The maximum atomic E-state index is 13.0. The maximum absolute atomic E-state index is 13.0. The van der Waals surface area contributed by atoms with E-state index in [1.807, 2.05) is 60.4 Å². The number of piperidine rings is 1. The van der Waals surface area contributed by atoms with Crippen LogP contribution in [0.15, 0.2) is 48.5 Å². The van der Waals surface area contributed by atoms with Crippen molar-refractivity contribution >= 4 is 28.8 Å². The van der Waals surface area contributed by atoms with Crippen molar-refractivity contribution in [2.24, 2.45) is 0 Å². The van der Waals surface area contributed by atoms with E-state index in [0.717, 1.165) is 52.4 Å². The Morgan fingerprint density at radius 3 is 2.78 bits per heavy atom. The number of nitrogens with zero attached hydrogens (tertiary/aromatic N) is 1. The van der Waals surface area contributed by atoms with Crippen molar-refractivity contribution in [3.05, 3.63) is 70.1 Å². The molecule has 2 aromatic carbocycles. The number of fused-ring (bicyclic) bond motifs is 3. The van der Waals surface area contributed by atoms with Crippen LogP contribution < -0.4 is 10.1 Å². The van der Waals surface area contributed by atoms with Crippen molar-refractivity contribution in [3.63, 3.8) is 0 Å². The molecule has 1 aromatic heterocycles. The van der Waals surface area contributed by atoms with Crippen molar-refractivity contribution in [2.75, 3.05) is 11.9 Å². The van der Waals surface area contributed by atoms with E-state index in [0.29, 0.717) is 17.0 Å². The third kappa shape index (κ3) is 3.79. The number of likely N-dealkylation sites (tertiary alicyclic amines) is 1. The first-order valence-corrected chi connectivity index (χ1v) is 11.9. The van der Waals surface area contributed by atoms with E-state index in [1.54, 1.807) is 0 Å². The van der Waals surface area contributed by atoms with Gasteiger partial charge in [-0.3, -0.25) is 9.59 Å². The molecule has 2 aliphatic rings. The molecule has 1 atom stereocenters. The van der Waals surface area contributed by atoms with Crippen molar-refractivity contribution < 1.29 is 14.3 Å². The summed E-state index contributed by atoms with van der Waals surface area (Å²) in [5.74, 6) is 0.782. The van der Waals surface area contributed by atoms with Crippen LogP contribution in [-0.4, -0.2) is 29.3 Å². The van der Waals surface area contributed by atoms with Gasteiger partial charge in [-0.05, 0) is 75.1 Å². The summed E-state index contributed by atoms with van der Waals surface area (Å²) in [4.78, 5) is 29.7. The number of benzene rings is 2. The molecule has 0 saturated carbocycles. The number of para-hydroxylation sites is 1. The Hall–Kier alpha value is -3.12. The van der Waals surface area contributed by atoms with E-state index in [1.165, 1.54) is 17.8 Å². The Balaban J connectivity index is 1.34. The second-order valence-corrected chi connectivity index (χ2v) is 9.63. The van der Waals surface area contributed by atoms with Crippen LogP contribution in [0.25, 0.3) is 10.4 Å². The highest BCUT2D eigenvalue weighted by Gasteiger charge is 2.25. The Morgan fingerprint density at radius 1 is 1.12 bits per heavy atom. The largest absolute Gasteiger partial charge is 0.488 e. The fourth-order valence-corrected chi connectivity index (χ4v) is 5.59. The summed E-state index contributed by atoms with van der Waals surface area (Å²) in [6.45, 7) is 5.33. The Kier molecular flexibility index (Phi) is 5.47. The lowest BCUT2D eigenvalue weighted by atomic mass is 10.0. The quantitative estimate of drug-likeness (QED) is 0.546. The molecular weight excluding hydrogens is 420 g/mol. The zero-order valence-electron chi connectivity index (χ0n) is 18.3. The van der Waals surface area contributed by atoms with Crippen molar-refractivity contribution in [1.82, 2.24) is 4.90 Å². The van der Waals surface area contributed by atoms with Gasteiger partial charge in [0.25, 0.3) is 11.8 Å². The van der Waals surface area contributed by atoms with Gasteiger partial charge in [-0.2, -0.15) is 0 Å². The zero-order chi connectivity index (χ0) is 22.2. The van der Waals surface area contributed by atoms with Gasteiger partial charge in [-0.25, -0.2) is 0 Å². The van der Waals surface area contributed by atoms with Crippen LogP contribution in [0.3, 0.4) is 0 Å². The van der Waals surface area contributed by atoms with Gasteiger partial charge in [0.05, 0.1) is 4.88 Å². The molecule has 0 aliphatic carbocycles. The summed E-state index contributed by atoms with van der Waals surface area (Å²) in [5.41, 5.74) is 4.34. The lowest BCUT2D eigenvalue weighted by Gasteiger charge is -2.33. The number of anilines is 1. The summed E-state index contributed by atoms with van der Waals surface area (Å²) in [5, 5.41) is 3.02. The van der Waals surface area contributed by atoms with Gasteiger partial charge in [-0.1, -0.05) is 12.1 Å². The first kappa shape index (κ1) is 20.8. The van der Waals surface area contributed by atoms with E-state index in [2.05, 4.69) is 12.2 Å². The van der Waals surface area contributed by atoms with Gasteiger partial charge >= 0.3 is 0 Å². The van der Waals surface area contributed by atoms with Gasteiger partial charge in [-0.15, -0.1) is 11.3 Å². The SMILES string of the molecule is Cc1cc(C(=O)N2CCCCC2C)ccc1NC(=O)c1cc2c(s1)-c1ccccc1OC2. The molecule has 5 rings (SSSR count). The number of nitrogens with one attached hydrogen (secondary N) is 1. The van der Waals surface area contributed by atoms with Gasteiger partial charge in [0.2, 0.25) is 0 Å². The summed E-state index contributed by atoms with van der Waals surface area (Å²) in [6.07, 6.45) is 3.29. The van der Waals surface area contributed by atoms with Crippen LogP contribution in [0.5, 0.6) is 5.75 Å². The number of ether oxygens (including phenoxy) is 1. The molecule has 5 nitrogen and oxygen atoms in total. The normalized spacial score (nSPS) is 17.2. The van der Waals surface area contributed by atoms with Crippen LogP contribution in [0.2, 0.25) is 0 Å². The molecular formula is C26H26N2O3S. The minimum absolute atomic E-state index is 0.0720. The minimum Gasteiger partial charge on any atom is -0.488 e. The fraction of sp³-hybridized carbons (Fsp3) is 0.308. The molecule has 32 heavy (non-hydrogen) atoms. The Labute approximate surface area is 192 Å². The predicted octanol–water partition coefficient (Wildman–Crippen LogP) is 5.88. The number of hydrogen-bond acceptors (Lipinski definition) is 4. The molecule has 0 bridgehead atoms. The smallest absolute Gasteiger partial charge is 0.265 e. The number of rotatable bonds is 3. The summed E-state index contributed by atoms with van der Waals surface area (Å²) in [6, 6.07) is 15.6. The predicted molar refractivity (Wildman–Crippen MR) is 128 cm³/mol. The average molecular weight is 447 g/mol. The number of aryl methyl sites for hydroxylation is 1. The van der Waals surface area contributed by atoms with E-state index in [-0.39, 0.29) is 17.9 Å². The second kappa shape index (κ2) is 8.43. The number of carbonyl (C=O) groups is 2. The van der Waals surface area contributed by atoms with E-state index >= 15 is 0 Å². The molecule has 3 aromatic rings. The Morgan fingerprint density at radius 2 is 1.97 bits per heavy atom. The number of carbonyl (C=O) groups excluding carboxylic acids is 2. The van der Waals surface area contributed by atoms with E-state index in [4.69, 9.17) is 4.74 Å². The second-order valence-electron chi connectivity index (χ2n) is 8.58. The van der Waals surface area contributed by atoms with E-state index < -0.39 is 0 Å². The van der Waals surface area contributed by atoms with Gasteiger partial charge in [0, 0.05) is 39.8 Å². The van der Waals surface area contributed by atoms with Crippen LogP contribution in [0, 0.1) is 6.92 Å². The monoisotopic (exact) mass is 446 g/mol. The van der Waals surface area contributed by atoms with Gasteiger partial charge in [0.1, 0.15) is 12.4 Å². The maximum Gasteiger partial charge on any atom is 0.265 e. The standard InChI is InChI=1S/C26H26N2O3S/c1-16-13-18(26(30)28-12-6-5-7-17(28)2)10-11-21(16)27-25(29)23-14-19-15-31-22-9-4-3-8-20(22)24(19)32-23/h3-4,8-11,13-14,17H,5-7,12,15H2,1-2H3,(H,27,29). The van der Waals surface area contributed by atoms with Gasteiger partial charge in [0.15, 0.2) is 0 Å². The highest BCUT2D eigenvalue weighted by atomic mass is 32.1. The summed E-state index contributed by atoms with van der Waals surface area (Å²) >= 11 is 1.49. The highest BCUT2D eigenvalue weighted by molar-refractivity contribution is 7.17. The number of amides is 2. The lowest BCUT2D eigenvalue weighted by molar-refractivity contribution is 0.0635. The first-order chi connectivity index (χ1) is 15.5. The molecule has 6 heteroatoms. The average Bonchev–Trinajstić information content (AvgIpc) is 3.25. The van der Waals surface area contributed by atoms with Crippen LogP contribution >= 0.6 is 11.3 Å². The molecule has 1 N–H and O–H groups in total. The first-order valence-electron chi connectivity index (χ1n) is 11.1. The molecule has 1 fully saturated rings. The summed E-state index contributed by atoms with van der Waals surface area (Å²) in [7, 11) is 0. The molecule has 164 valence electrons. The fourth-order valence-electron chi connectivity index (χ4n) is 4.50. The number of hydrogen-bond donors (Lipinski definition) is 1. The molecule has 1 saturated heterocycles. The Bertz CT molecular complexity index is 1200. The summed E-state index contributed by atoms with van der Waals surface area (Å²) < 4.78 is 5.81. The minimum atomic E-state index is -0.145. The molecule has 3 heterocycles.